The molecule has 1 heterocycles. The summed E-state index contributed by atoms with van der Waals surface area (Å²) in [6.07, 6.45) is 1.76. The van der Waals surface area contributed by atoms with E-state index in [0.717, 1.165) is 5.56 Å². The third-order valence-electron chi connectivity index (χ3n) is 4.43. The summed E-state index contributed by atoms with van der Waals surface area (Å²) in [5.41, 5.74) is 0.799. The molecule has 1 aliphatic heterocycles. The molecule has 6 nitrogen and oxygen atoms in total. The molecule has 2 rings (SSSR count). The van der Waals surface area contributed by atoms with Gasteiger partial charge in [-0.05, 0) is 43.9 Å². The second-order valence-corrected chi connectivity index (χ2v) is 6.28. The van der Waals surface area contributed by atoms with Gasteiger partial charge in [0.2, 0.25) is 5.91 Å². The zero-order valence-electron chi connectivity index (χ0n) is 14.2. The maximum absolute atomic E-state index is 12.6. The second kappa shape index (κ2) is 8.04. The number of hydrogen-bond acceptors (Lipinski definition) is 5. The monoisotopic (exact) mass is 335 g/mol. The molecule has 2 N–H and O–H groups in total. The number of hydrogen-bond donors (Lipinski definition) is 2. The van der Waals surface area contributed by atoms with Crippen molar-refractivity contribution in [1.82, 2.24) is 4.90 Å². The summed E-state index contributed by atoms with van der Waals surface area (Å²) in [5.74, 6) is -0.810. The molecule has 1 saturated heterocycles. The van der Waals surface area contributed by atoms with E-state index in [9.17, 15) is 19.8 Å². The largest absolute Gasteiger partial charge is 0.504 e. The Morgan fingerprint density at radius 1 is 1.25 bits per heavy atom. The predicted molar refractivity (Wildman–Crippen MR) is 88.6 cm³/mol. The van der Waals surface area contributed by atoms with E-state index in [1.807, 2.05) is 6.92 Å². The van der Waals surface area contributed by atoms with Crippen molar-refractivity contribution < 1.29 is 24.5 Å². The summed E-state index contributed by atoms with van der Waals surface area (Å²) in [6.45, 7) is 5.15. The fourth-order valence-corrected chi connectivity index (χ4v) is 3.04. The van der Waals surface area contributed by atoms with Crippen molar-refractivity contribution in [2.75, 3.05) is 19.7 Å². The topological polar surface area (TPSA) is 87.1 Å². The van der Waals surface area contributed by atoms with Crippen LogP contribution in [0.3, 0.4) is 0 Å². The Bertz CT molecular complexity index is 593. The average molecular weight is 335 g/mol. The Balaban J connectivity index is 1.87. The molecule has 0 bridgehead atoms. The van der Waals surface area contributed by atoms with E-state index in [4.69, 9.17) is 4.74 Å². The lowest BCUT2D eigenvalue weighted by Crippen LogP contribution is -2.43. The molecule has 24 heavy (non-hydrogen) atoms. The van der Waals surface area contributed by atoms with Gasteiger partial charge in [0.1, 0.15) is 0 Å². The molecule has 1 amide bonds. The second-order valence-electron chi connectivity index (χ2n) is 6.28. The van der Waals surface area contributed by atoms with Crippen LogP contribution in [0.2, 0.25) is 0 Å². The Morgan fingerprint density at radius 3 is 2.50 bits per heavy atom. The number of ether oxygens (including phenoxy) is 1. The van der Waals surface area contributed by atoms with E-state index in [1.54, 1.807) is 17.9 Å². The van der Waals surface area contributed by atoms with E-state index >= 15 is 0 Å². The number of aromatic hydroxyl groups is 2. The molecule has 1 aliphatic rings. The van der Waals surface area contributed by atoms with Gasteiger partial charge < -0.3 is 19.8 Å². The van der Waals surface area contributed by atoms with Crippen LogP contribution in [-0.4, -0.2) is 46.7 Å². The van der Waals surface area contributed by atoms with Crippen molar-refractivity contribution in [2.45, 2.75) is 33.1 Å². The number of phenolic OH excluding ortho intramolecular Hbond substituents is 2. The Labute approximate surface area is 142 Å². The minimum Gasteiger partial charge on any atom is -0.504 e. The Hall–Kier alpha value is -2.24. The van der Waals surface area contributed by atoms with Crippen molar-refractivity contribution >= 4 is 11.9 Å². The molecule has 6 heteroatoms. The van der Waals surface area contributed by atoms with Crippen molar-refractivity contribution in [3.05, 3.63) is 23.8 Å². The third-order valence-corrected chi connectivity index (χ3v) is 4.43. The van der Waals surface area contributed by atoms with Gasteiger partial charge in [0.25, 0.3) is 0 Å². The number of phenols is 2. The van der Waals surface area contributed by atoms with Crippen LogP contribution in [0.1, 0.15) is 32.3 Å². The van der Waals surface area contributed by atoms with E-state index in [0.29, 0.717) is 39.0 Å². The van der Waals surface area contributed by atoms with Crippen LogP contribution in [-0.2, 0) is 20.7 Å². The van der Waals surface area contributed by atoms with E-state index in [2.05, 4.69) is 0 Å². The summed E-state index contributed by atoms with van der Waals surface area (Å²) in [6, 6.07) is 4.60. The normalized spacial score (nSPS) is 16.7. The summed E-state index contributed by atoms with van der Waals surface area (Å²) < 4.78 is 5.04. The van der Waals surface area contributed by atoms with Crippen LogP contribution in [0.25, 0.3) is 0 Å². The maximum atomic E-state index is 12.6. The van der Waals surface area contributed by atoms with Crippen LogP contribution in [0, 0.1) is 11.8 Å². The number of esters is 1. The Morgan fingerprint density at radius 2 is 1.92 bits per heavy atom. The molecule has 1 aromatic carbocycles. The summed E-state index contributed by atoms with van der Waals surface area (Å²) in [4.78, 5) is 26.1. The molecule has 0 spiro atoms. The van der Waals surface area contributed by atoms with Gasteiger partial charge in [0.15, 0.2) is 11.5 Å². The zero-order valence-corrected chi connectivity index (χ0v) is 14.2. The molecular formula is C18H25NO5. The van der Waals surface area contributed by atoms with Gasteiger partial charge in [-0.15, -0.1) is 0 Å². The van der Waals surface area contributed by atoms with Gasteiger partial charge >= 0.3 is 5.97 Å². The first-order valence-corrected chi connectivity index (χ1v) is 8.38. The molecule has 132 valence electrons. The van der Waals surface area contributed by atoms with Gasteiger partial charge in [-0.1, -0.05) is 13.0 Å². The number of carbonyl (C=O) groups excluding carboxylic acids is 2. The van der Waals surface area contributed by atoms with Gasteiger partial charge in [-0.25, -0.2) is 0 Å². The Kier molecular flexibility index (Phi) is 6.06. The van der Waals surface area contributed by atoms with Gasteiger partial charge in [-0.3, -0.25) is 9.59 Å². The smallest absolute Gasteiger partial charge is 0.309 e. The number of nitrogens with zero attached hydrogens (tertiary/aromatic N) is 1. The van der Waals surface area contributed by atoms with Gasteiger partial charge in [0.05, 0.1) is 12.5 Å². The number of likely N-dealkylation sites (tertiary alicyclic amines) is 1. The fraction of sp³-hybridized carbons (Fsp3) is 0.556. The zero-order chi connectivity index (χ0) is 17.7. The standard InChI is InChI=1S/C18H25NO5/c1-3-24-18(23)14-6-8-19(9-7-14)17(22)12(2)10-13-4-5-15(20)16(21)11-13/h4-5,11-12,14,20-21H,3,6-10H2,1-2H3. The number of carbonyl (C=O) groups is 2. The maximum Gasteiger partial charge on any atom is 0.309 e. The highest BCUT2D eigenvalue weighted by Gasteiger charge is 2.30. The lowest BCUT2D eigenvalue weighted by Gasteiger charge is -2.32. The first-order chi connectivity index (χ1) is 11.4. The van der Waals surface area contributed by atoms with Crippen molar-refractivity contribution in [3.63, 3.8) is 0 Å². The summed E-state index contributed by atoms with van der Waals surface area (Å²) >= 11 is 0. The quantitative estimate of drug-likeness (QED) is 0.635. The van der Waals surface area contributed by atoms with Crippen LogP contribution < -0.4 is 0 Å². The first kappa shape index (κ1) is 18.1. The first-order valence-electron chi connectivity index (χ1n) is 8.38. The lowest BCUT2D eigenvalue weighted by atomic mass is 9.94. The molecule has 0 radical (unpaired) electrons. The van der Waals surface area contributed by atoms with Crippen LogP contribution in [0.4, 0.5) is 0 Å². The minimum atomic E-state index is -0.229. The van der Waals surface area contributed by atoms with E-state index < -0.39 is 0 Å². The third kappa shape index (κ3) is 4.40. The number of benzene rings is 1. The van der Waals surface area contributed by atoms with E-state index in [-0.39, 0.29) is 35.2 Å². The summed E-state index contributed by atoms with van der Waals surface area (Å²) in [5, 5.41) is 18.9. The molecule has 1 unspecified atom stereocenters. The molecule has 1 fully saturated rings. The highest BCUT2D eigenvalue weighted by atomic mass is 16.5. The fourth-order valence-electron chi connectivity index (χ4n) is 3.04. The minimum absolute atomic E-state index is 0.0462. The molecular weight excluding hydrogens is 310 g/mol. The van der Waals surface area contributed by atoms with E-state index in [1.165, 1.54) is 12.1 Å². The highest BCUT2D eigenvalue weighted by Crippen LogP contribution is 2.27. The van der Waals surface area contributed by atoms with Crippen molar-refractivity contribution in [2.24, 2.45) is 11.8 Å². The molecule has 1 aromatic rings. The van der Waals surface area contributed by atoms with Crippen molar-refractivity contribution in [3.8, 4) is 11.5 Å². The number of amides is 1. The van der Waals surface area contributed by atoms with Crippen LogP contribution >= 0.6 is 0 Å². The molecule has 0 saturated carbocycles. The van der Waals surface area contributed by atoms with Crippen LogP contribution in [0.15, 0.2) is 18.2 Å². The number of piperidine rings is 1. The predicted octanol–water partition coefficient (Wildman–Crippen LogP) is 2.08. The van der Waals surface area contributed by atoms with Gasteiger partial charge in [-0.2, -0.15) is 0 Å². The summed E-state index contributed by atoms with van der Waals surface area (Å²) in [7, 11) is 0. The molecule has 0 aliphatic carbocycles. The highest BCUT2D eigenvalue weighted by molar-refractivity contribution is 5.79. The van der Waals surface area contributed by atoms with Crippen molar-refractivity contribution in [1.29, 1.82) is 0 Å². The number of rotatable bonds is 5. The lowest BCUT2D eigenvalue weighted by molar-refractivity contribution is -0.151. The average Bonchev–Trinajstić information content (AvgIpc) is 2.58. The molecule has 0 aromatic heterocycles. The SMILES string of the molecule is CCOC(=O)C1CCN(C(=O)C(C)Cc2ccc(O)c(O)c2)CC1. The van der Waals surface area contributed by atoms with Crippen LogP contribution in [0.5, 0.6) is 11.5 Å². The molecule has 1 atom stereocenters. The van der Waals surface area contributed by atoms with Gasteiger partial charge in [0, 0.05) is 19.0 Å².